The van der Waals surface area contributed by atoms with E-state index in [1.54, 1.807) is 0 Å². The molecule has 1 unspecified atom stereocenters. The molecule has 2 heterocycles. The van der Waals surface area contributed by atoms with Crippen LogP contribution in [0.25, 0.3) is 0 Å². The molecule has 2 saturated heterocycles. The van der Waals surface area contributed by atoms with Crippen molar-refractivity contribution < 1.29 is 40.3 Å². The average Bonchev–Trinajstić information content (AvgIpc) is 3.31. The van der Waals surface area contributed by atoms with Crippen LogP contribution in [-0.2, 0) is 25.5 Å². The van der Waals surface area contributed by atoms with Crippen LogP contribution in [0.5, 0.6) is 0 Å². The maximum absolute atomic E-state index is 14.9. The van der Waals surface area contributed by atoms with Crippen molar-refractivity contribution in [1.82, 2.24) is 10.2 Å². The maximum atomic E-state index is 14.9. The normalized spacial score (nSPS) is 20.9. The van der Waals surface area contributed by atoms with Gasteiger partial charge in [0.05, 0.1) is 35.5 Å². The molecule has 2 fully saturated rings. The number of ether oxygens (including phenoxy) is 1. The summed E-state index contributed by atoms with van der Waals surface area (Å²) in [5, 5.41) is 2.77. The molecule has 3 atom stereocenters. The highest BCUT2D eigenvalue weighted by Gasteiger charge is 2.42. The van der Waals surface area contributed by atoms with Crippen molar-refractivity contribution in [2.24, 2.45) is 11.8 Å². The number of nitrogens with zero attached hydrogens (tertiary/aromatic N) is 1. The van der Waals surface area contributed by atoms with Crippen LogP contribution >= 0.6 is 0 Å². The van der Waals surface area contributed by atoms with Crippen LogP contribution < -0.4 is 5.32 Å². The number of alkyl halides is 3. The fourth-order valence-electron chi connectivity index (χ4n) is 4.95. The molecule has 212 valence electrons. The summed E-state index contributed by atoms with van der Waals surface area (Å²) in [6, 6.07) is 5.98. The molecule has 0 aliphatic carbocycles. The van der Waals surface area contributed by atoms with E-state index in [2.05, 4.69) is 5.32 Å². The molecule has 2 aliphatic heterocycles. The summed E-state index contributed by atoms with van der Waals surface area (Å²) in [7, 11) is -3.56. The molecule has 2 aromatic rings. The van der Waals surface area contributed by atoms with E-state index in [-0.39, 0.29) is 53.4 Å². The fourth-order valence-corrected chi connectivity index (χ4v) is 5.87. The highest BCUT2D eigenvalue weighted by molar-refractivity contribution is 7.91. The number of hydrogen-bond donors (Lipinski definition) is 1. The van der Waals surface area contributed by atoms with Gasteiger partial charge in [0.25, 0.3) is 5.91 Å². The van der Waals surface area contributed by atoms with Crippen molar-refractivity contribution in [3.05, 3.63) is 65.0 Å². The molecule has 0 saturated carbocycles. The number of sulfone groups is 1. The second-order valence-electron chi connectivity index (χ2n) is 9.93. The van der Waals surface area contributed by atoms with E-state index in [1.807, 2.05) is 6.92 Å². The molecule has 39 heavy (non-hydrogen) atoms. The lowest BCUT2D eigenvalue weighted by molar-refractivity contribution is -0.138. The maximum Gasteiger partial charge on any atom is 0.416 e. The smallest absolute Gasteiger partial charge is 0.381 e. The Balaban J connectivity index is 1.60. The lowest BCUT2D eigenvalue weighted by atomic mass is 9.90. The summed E-state index contributed by atoms with van der Waals surface area (Å²) < 4.78 is 83.9. The van der Waals surface area contributed by atoms with Crippen LogP contribution in [0.3, 0.4) is 0 Å². The molecule has 4 rings (SSSR count). The highest BCUT2D eigenvalue weighted by Crippen LogP contribution is 2.35. The van der Waals surface area contributed by atoms with Gasteiger partial charge in [0.1, 0.15) is 11.9 Å². The largest absolute Gasteiger partial charge is 0.416 e. The fraction of sp³-hybridized carbons (Fsp3) is 0.481. The SMILES string of the molecule is CC[C@@H]1C[C@H](C(=O)NC(c2ccc(C(F)(F)F)cc2F)C2COC2)N(C(=O)c2cccc(S(=O)(=O)CC)c2)C1. The summed E-state index contributed by atoms with van der Waals surface area (Å²) >= 11 is 0. The van der Waals surface area contributed by atoms with Crippen LogP contribution in [0.4, 0.5) is 17.6 Å². The third-order valence-electron chi connectivity index (χ3n) is 7.44. The molecule has 0 bridgehead atoms. The number of carbonyl (C=O) groups excluding carboxylic acids is 2. The molecule has 2 aliphatic rings. The molecule has 0 aromatic heterocycles. The van der Waals surface area contributed by atoms with E-state index < -0.39 is 51.3 Å². The number of amides is 2. The van der Waals surface area contributed by atoms with E-state index in [0.29, 0.717) is 18.9 Å². The van der Waals surface area contributed by atoms with Crippen molar-refractivity contribution in [3.8, 4) is 0 Å². The van der Waals surface area contributed by atoms with Crippen molar-refractivity contribution in [1.29, 1.82) is 0 Å². The van der Waals surface area contributed by atoms with Crippen LogP contribution in [0, 0.1) is 17.7 Å². The Morgan fingerprint density at radius 2 is 1.85 bits per heavy atom. The van der Waals surface area contributed by atoms with Gasteiger partial charge in [-0.1, -0.05) is 32.4 Å². The predicted octanol–water partition coefficient (Wildman–Crippen LogP) is 4.38. The minimum absolute atomic E-state index is 0.000508. The third kappa shape index (κ3) is 6.11. The number of halogens is 4. The first kappa shape index (κ1) is 29.0. The number of carbonyl (C=O) groups is 2. The zero-order chi connectivity index (χ0) is 28.5. The van der Waals surface area contributed by atoms with Gasteiger partial charge in [0.2, 0.25) is 5.91 Å². The molecule has 2 amide bonds. The zero-order valence-electron chi connectivity index (χ0n) is 21.5. The minimum atomic E-state index is -4.72. The highest BCUT2D eigenvalue weighted by atomic mass is 32.2. The Morgan fingerprint density at radius 1 is 1.13 bits per heavy atom. The van der Waals surface area contributed by atoms with Gasteiger partial charge < -0.3 is 15.0 Å². The van der Waals surface area contributed by atoms with Gasteiger partial charge in [-0.15, -0.1) is 0 Å². The van der Waals surface area contributed by atoms with E-state index in [0.717, 1.165) is 12.1 Å². The number of hydrogen-bond acceptors (Lipinski definition) is 5. The number of rotatable bonds is 8. The van der Waals surface area contributed by atoms with Gasteiger partial charge in [-0.25, -0.2) is 12.8 Å². The summed E-state index contributed by atoms with van der Waals surface area (Å²) in [5.74, 6) is -2.66. The first-order valence-electron chi connectivity index (χ1n) is 12.7. The van der Waals surface area contributed by atoms with Crippen LogP contribution in [0.1, 0.15) is 54.2 Å². The second kappa shape index (κ2) is 11.2. The van der Waals surface area contributed by atoms with Gasteiger partial charge in [-0.05, 0) is 42.7 Å². The van der Waals surface area contributed by atoms with E-state index in [9.17, 15) is 35.6 Å². The number of nitrogens with one attached hydrogen (secondary N) is 1. The topological polar surface area (TPSA) is 92.8 Å². The van der Waals surface area contributed by atoms with Crippen LogP contribution in [0.2, 0.25) is 0 Å². The predicted molar refractivity (Wildman–Crippen MR) is 134 cm³/mol. The molecular formula is C27H30F4N2O5S. The summed E-state index contributed by atoms with van der Waals surface area (Å²) in [4.78, 5) is 28.4. The van der Waals surface area contributed by atoms with E-state index in [4.69, 9.17) is 4.74 Å². The first-order chi connectivity index (χ1) is 18.4. The van der Waals surface area contributed by atoms with Crippen LogP contribution in [-0.4, -0.2) is 56.7 Å². The van der Waals surface area contributed by atoms with Crippen molar-refractivity contribution in [2.75, 3.05) is 25.5 Å². The molecule has 2 aromatic carbocycles. The van der Waals surface area contributed by atoms with Crippen molar-refractivity contribution in [3.63, 3.8) is 0 Å². The summed E-state index contributed by atoms with van der Waals surface area (Å²) in [5.41, 5.74) is -1.11. The molecule has 12 heteroatoms. The van der Waals surface area contributed by atoms with E-state index in [1.165, 1.54) is 36.1 Å². The Kier molecular flexibility index (Phi) is 8.36. The second-order valence-corrected chi connectivity index (χ2v) is 12.2. The van der Waals surface area contributed by atoms with Crippen molar-refractivity contribution in [2.45, 2.75) is 49.8 Å². The summed E-state index contributed by atoms with van der Waals surface area (Å²) in [6.07, 6.45) is -3.69. The van der Waals surface area contributed by atoms with Gasteiger partial charge >= 0.3 is 6.18 Å². The number of benzene rings is 2. The lowest BCUT2D eigenvalue weighted by Crippen LogP contribution is -2.50. The average molecular weight is 571 g/mol. The number of likely N-dealkylation sites (tertiary alicyclic amines) is 1. The third-order valence-corrected chi connectivity index (χ3v) is 9.18. The summed E-state index contributed by atoms with van der Waals surface area (Å²) in [6.45, 7) is 4.07. The quantitative estimate of drug-likeness (QED) is 0.476. The van der Waals surface area contributed by atoms with Crippen LogP contribution in [0.15, 0.2) is 47.4 Å². The first-order valence-corrected chi connectivity index (χ1v) is 14.4. The lowest BCUT2D eigenvalue weighted by Gasteiger charge is -2.36. The zero-order valence-corrected chi connectivity index (χ0v) is 22.3. The molecule has 0 spiro atoms. The van der Waals surface area contributed by atoms with Gasteiger partial charge in [-0.3, -0.25) is 9.59 Å². The standard InChI is InChI=1S/C27H30F4N2O5S/c1-3-16-10-23(33(13-16)26(35)17-6-5-7-20(11-17)39(36,37)4-2)25(34)32-24(18-14-38-15-18)21-9-8-19(12-22(21)28)27(29,30)31/h5-9,11-12,16,18,23-24H,3-4,10,13-15H2,1-2H3,(H,32,34)/t16-,23-,24?/m1/s1. The Bertz CT molecular complexity index is 1340. The molecule has 7 nitrogen and oxygen atoms in total. The molecule has 0 radical (unpaired) electrons. The monoisotopic (exact) mass is 570 g/mol. The Hall–Kier alpha value is -2.99. The van der Waals surface area contributed by atoms with Gasteiger partial charge in [0.15, 0.2) is 9.84 Å². The minimum Gasteiger partial charge on any atom is -0.381 e. The van der Waals surface area contributed by atoms with E-state index >= 15 is 0 Å². The molecule has 1 N–H and O–H groups in total. The molecular weight excluding hydrogens is 540 g/mol. The van der Waals surface area contributed by atoms with Crippen molar-refractivity contribution >= 4 is 21.7 Å². The van der Waals surface area contributed by atoms with Gasteiger partial charge in [0, 0.05) is 23.6 Å². The Morgan fingerprint density at radius 3 is 2.41 bits per heavy atom. The Labute approximate surface area is 224 Å². The van der Waals surface area contributed by atoms with Gasteiger partial charge in [-0.2, -0.15) is 13.2 Å².